The Kier molecular flexibility index (Phi) is 5.17. The molecule has 7 heteroatoms. The summed E-state index contributed by atoms with van der Waals surface area (Å²) in [5, 5.41) is 26.8. The summed E-state index contributed by atoms with van der Waals surface area (Å²) in [6.07, 6.45) is 0. The number of nitrogens with one attached hydrogen (secondary N) is 1. The Morgan fingerprint density at radius 2 is 1.76 bits per heavy atom. The smallest absolute Gasteiger partial charge is 0.244 e. The van der Waals surface area contributed by atoms with Gasteiger partial charge in [0.2, 0.25) is 11.8 Å². The van der Waals surface area contributed by atoms with Crippen molar-refractivity contribution in [3.8, 4) is 34.7 Å². The fourth-order valence-electron chi connectivity index (χ4n) is 3.92. The van der Waals surface area contributed by atoms with Crippen LogP contribution >= 0.6 is 0 Å². The topological polar surface area (TPSA) is 117 Å². The van der Waals surface area contributed by atoms with E-state index in [-0.39, 0.29) is 11.6 Å². The van der Waals surface area contributed by atoms with Gasteiger partial charge in [0.25, 0.3) is 0 Å². The highest BCUT2D eigenvalue weighted by atomic mass is 16.5. The first-order chi connectivity index (χ1) is 16.1. The number of nitrogens with two attached hydrogens (primary N) is 1. The summed E-state index contributed by atoms with van der Waals surface area (Å²) < 4.78 is 11.5. The zero-order valence-corrected chi connectivity index (χ0v) is 17.5. The zero-order chi connectivity index (χ0) is 22.8. The Hall–Kier alpha value is -4.70. The van der Waals surface area contributed by atoms with Crippen LogP contribution in [0.1, 0.15) is 22.6 Å². The van der Waals surface area contributed by atoms with Crippen molar-refractivity contribution in [2.75, 3.05) is 0 Å². The first-order valence-corrected chi connectivity index (χ1v) is 10.4. The van der Waals surface area contributed by atoms with E-state index in [1.54, 1.807) is 24.3 Å². The van der Waals surface area contributed by atoms with Crippen LogP contribution in [0.25, 0.3) is 11.3 Å². The number of aromatic hydroxyl groups is 1. The Morgan fingerprint density at radius 1 is 1.03 bits per heavy atom. The zero-order valence-electron chi connectivity index (χ0n) is 17.5. The number of aromatic amines is 1. The summed E-state index contributed by atoms with van der Waals surface area (Å²) in [6.45, 7) is 0.478. The average molecular weight is 436 g/mol. The number of H-pyrrole nitrogens is 1. The van der Waals surface area contributed by atoms with Crippen LogP contribution in [-0.2, 0) is 6.61 Å². The quantitative estimate of drug-likeness (QED) is 0.422. The number of rotatable bonds is 5. The predicted molar refractivity (Wildman–Crippen MR) is 122 cm³/mol. The molecule has 0 unspecified atom stereocenters. The molecule has 0 saturated carbocycles. The summed E-state index contributed by atoms with van der Waals surface area (Å²) in [5.41, 5.74) is 10.5. The number of phenols is 1. The minimum atomic E-state index is -0.484. The minimum absolute atomic E-state index is 0.0192. The number of phenolic OH excluding ortho intramolecular Hbond substituents is 1. The fraction of sp³-hybridized carbons (Fsp3) is 0.0769. The third-order valence-corrected chi connectivity index (χ3v) is 5.56. The van der Waals surface area contributed by atoms with Crippen molar-refractivity contribution in [1.82, 2.24) is 10.2 Å². The summed E-state index contributed by atoms with van der Waals surface area (Å²) >= 11 is 0. The third kappa shape index (κ3) is 3.86. The van der Waals surface area contributed by atoms with Crippen molar-refractivity contribution >= 4 is 0 Å². The molecular weight excluding hydrogens is 416 g/mol. The monoisotopic (exact) mass is 436 g/mol. The minimum Gasteiger partial charge on any atom is -0.508 e. The number of hydrogen-bond donors (Lipinski definition) is 3. The number of allylic oxidation sites excluding steroid dienone is 1. The number of ether oxygens (including phenoxy) is 2. The van der Waals surface area contributed by atoms with Crippen LogP contribution in [0.5, 0.6) is 17.4 Å². The maximum absolute atomic E-state index is 9.80. The predicted octanol–water partition coefficient (Wildman–Crippen LogP) is 4.58. The van der Waals surface area contributed by atoms with Crippen molar-refractivity contribution in [2.45, 2.75) is 12.5 Å². The van der Waals surface area contributed by atoms with Crippen molar-refractivity contribution in [3.63, 3.8) is 0 Å². The Labute approximate surface area is 190 Å². The van der Waals surface area contributed by atoms with Crippen LogP contribution < -0.4 is 15.2 Å². The lowest BCUT2D eigenvalue weighted by molar-refractivity contribution is 0.306. The molecule has 1 atom stereocenters. The summed E-state index contributed by atoms with van der Waals surface area (Å²) in [7, 11) is 0. The van der Waals surface area contributed by atoms with Crippen molar-refractivity contribution in [1.29, 1.82) is 5.26 Å². The van der Waals surface area contributed by atoms with Crippen molar-refractivity contribution in [3.05, 3.63) is 107 Å². The van der Waals surface area contributed by atoms with Gasteiger partial charge in [-0.15, -0.1) is 5.10 Å². The number of hydrogen-bond acceptors (Lipinski definition) is 6. The van der Waals surface area contributed by atoms with Gasteiger partial charge in [-0.1, -0.05) is 42.5 Å². The van der Waals surface area contributed by atoms with Gasteiger partial charge in [0.05, 0.1) is 17.2 Å². The third-order valence-electron chi connectivity index (χ3n) is 5.56. The molecule has 1 aliphatic heterocycles. The van der Waals surface area contributed by atoms with Gasteiger partial charge >= 0.3 is 0 Å². The molecule has 0 spiro atoms. The first kappa shape index (κ1) is 20.2. The van der Waals surface area contributed by atoms with E-state index in [0.29, 0.717) is 23.6 Å². The van der Waals surface area contributed by atoms with Crippen LogP contribution in [0, 0.1) is 11.3 Å². The second-order valence-corrected chi connectivity index (χ2v) is 7.63. The fourth-order valence-corrected chi connectivity index (χ4v) is 3.92. The van der Waals surface area contributed by atoms with E-state index in [1.165, 1.54) is 0 Å². The lowest BCUT2D eigenvalue weighted by atomic mass is 9.83. The van der Waals surface area contributed by atoms with Gasteiger partial charge < -0.3 is 20.3 Å². The molecule has 3 aromatic carbocycles. The molecule has 0 aliphatic carbocycles. The molecule has 2 heterocycles. The lowest BCUT2D eigenvalue weighted by Crippen LogP contribution is -2.20. The first-order valence-electron chi connectivity index (χ1n) is 10.4. The number of nitrogens with zero attached hydrogens (tertiary/aromatic N) is 2. The number of benzene rings is 3. The van der Waals surface area contributed by atoms with Gasteiger partial charge in [0, 0.05) is 5.56 Å². The molecule has 0 amide bonds. The summed E-state index contributed by atoms with van der Waals surface area (Å²) in [4.78, 5) is 0. The molecule has 162 valence electrons. The van der Waals surface area contributed by atoms with Gasteiger partial charge in [-0.05, 0) is 47.5 Å². The second kappa shape index (κ2) is 8.44. The maximum Gasteiger partial charge on any atom is 0.244 e. The average Bonchev–Trinajstić information content (AvgIpc) is 3.27. The van der Waals surface area contributed by atoms with Crippen LogP contribution in [0.2, 0.25) is 0 Å². The lowest BCUT2D eigenvalue weighted by Gasteiger charge is -2.24. The Bertz CT molecular complexity index is 1350. The molecule has 4 N–H and O–H groups in total. The van der Waals surface area contributed by atoms with Crippen LogP contribution in [0.4, 0.5) is 0 Å². The number of nitriles is 1. The highest BCUT2D eigenvalue weighted by Gasteiger charge is 2.35. The number of fused-ring (bicyclic) bond motifs is 1. The van der Waals surface area contributed by atoms with E-state index in [2.05, 4.69) is 16.3 Å². The molecule has 0 radical (unpaired) electrons. The van der Waals surface area contributed by atoms with Crippen molar-refractivity contribution < 1.29 is 14.6 Å². The SMILES string of the molecule is N#CC1=C(N)Oc2n[nH]c(-c3ccc(OCc4ccccc4)cc3)c2[C@@H]1c1ccc(O)cc1. The largest absolute Gasteiger partial charge is 0.508 e. The Morgan fingerprint density at radius 3 is 2.45 bits per heavy atom. The molecular formula is C26H20N4O3. The van der Waals surface area contributed by atoms with Crippen LogP contribution in [-0.4, -0.2) is 15.3 Å². The van der Waals surface area contributed by atoms with Crippen LogP contribution in [0.15, 0.2) is 90.3 Å². The highest BCUT2D eigenvalue weighted by molar-refractivity contribution is 5.71. The van der Waals surface area contributed by atoms with Gasteiger partial charge in [-0.25, -0.2) is 0 Å². The van der Waals surface area contributed by atoms with Gasteiger partial charge in [0.1, 0.15) is 29.7 Å². The van der Waals surface area contributed by atoms with E-state index in [9.17, 15) is 10.4 Å². The van der Waals surface area contributed by atoms with E-state index < -0.39 is 5.92 Å². The van der Waals surface area contributed by atoms with Gasteiger partial charge in [-0.3, -0.25) is 5.10 Å². The molecule has 0 saturated heterocycles. The van der Waals surface area contributed by atoms with E-state index in [4.69, 9.17) is 15.2 Å². The molecule has 33 heavy (non-hydrogen) atoms. The molecule has 1 aliphatic rings. The van der Waals surface area contributed by atoms with Crippen LogP contribution in [0.3, 0.4) is 0 Å². The Balaban J connectivity index is 1.48. The molecule has 5 rings (SSSR count). The van der Waals surface area contributed by atoms with Crippen molar-refractivity contribution in [2.24, 2.45) is 5.73 Å². The standard InChI is InChI=1S/C26H20N4O3/c27-14-21-22(17-6-10-19(31)11-7-17)23-24(29-30-26(23)33-25(21)28)18-8-12-20(13-9-18)32-15-16-4-2-1-3-5-16/h1-13,22,31H,15,28H2,(H,29,30)/t22-/m1/s1. The normalized spacial score (nSPS) is 14.8. The van der Waals surface area contributed by atoms with E-state index >= 15 is 0 Å². The summed E-state index contributed by atoms with van der Waals surface area (Å²) in [6, 6.07) is 26.4. The summed E-state index contributed by atoms with van der Waals surface area (Å²) in [5.74, 6) is 0.737. The molecule has 0 bridgehead atoms. The van der Waals surface area contributed by atoms with Gasteiger partial charge in [0.15, 0.2) is 0 Å². The van der Waals surface area contributed by atoms with E-state index in [0.717, 1.165) is 28.1 Å². The maximum atomic E-state index is 9.80. The molecule has 1 aromatic heterocycles. The van der Waals surface area contributed by atoms with E-state index in [1.807, 2.05) is 54.6 Å². The second-order valence-electron chi connectivity index (χ2n) is 7.63. The number of aromatic nitrogens is 2. The molecule has 4 aromatic rings. The van der Waals surface area contributed by atoms with Gasteiger partial charge in [-0.2, -0.15) is 5.26 Å². The molecule has 0 fully saturated rings. The highest BCUT2D eigenvalue weighted by Crippen LogP contribution is 2.45. The molecule has 7 nitrogen and oxygen atoms in total.